The molecule has 4 rings (SSSR count). The molecule has 1 fully saturated rings. The Balaban J connectivity index is 1.66. The number of H-pyrrole nitrogens is 1. The number of imidazole rings is 1. The molecule has 11 heteroatoms. The Hall–Kier alpha value is -2.17. The summed E-state index contributed by atoms with van der Waals surface area (Å²) in [5.74, 6) is -0.385. The Morgan fingerprint density at radius 3 is 2.59 bits per heavy atom. The molecule has 0 radical (unpaired) electrons. The third-order valence-corrected chi connectivity index (χ3v) is 7.15. The van der Waals surface area contributed by atoms with E-state index in [9.17, 15) is 13.2 Å². The highest BCUT2D eigenvalue weighted by Crippen LogP contribution is 2.31. The normalized spacial score (nSPS) is 15.5. The molecule has 0 atom stereocenters. The van der Waals surface area contributed by atoms with Crippen molar-refractivity contribution in [1.29, 1.82) is 0 Å². The fraction of sp³-hybridized carbons (Fsp3) is 0.222. The second kappa shape index (κ2) is 7.92. The summed E-state index contributed by atoms with van der Waals surface area (Å²) in [6.07, 6.45) is 0. The number of rotatable bonds is 4. The van der Waals surface area contributed by atoms with E-state index in [2.05, 4.69) is 15.3 Å². The number of carbonyl (C=O) groups is 1. The van der Waals surface area contributed by atoms with Crippen molar-refractivity contribution in [2.24, 2.45) is 0 Å². The number of halogens is 2. The van der Waals surface area contributed by atoms with Gasteiger partial charge in [0.25, 0.3) is 5.91 Å². The molecule has 2 N–H and O–H groups in total. The summed E-state index contributed by atoms with van der Waals surface area (Å²) < 4.78 is 32.4. The molecule has 1 amide bonds. The Morgan fingerprint density at radius 1 is 1.14 bits per heavy atom. The molecule has 3 aromatic rings. The second-order valence-corrected chi connectivity index (χ2v) is 9.06. The maximum Gasteiger partial charge on any atom is 0.259 e. The van der Waals surface area contributed by atoms with Gasteiger partial charge in [0.1, 0.15) is 4.90 Å². The fourth-order valence-electron chi connectivity index (χ4n) is 3.01. The van der Waals surface area contributed by atoms with Crippen LogP contribution in [0.1, 0.15) is 10.4 Å². The molecule has 0 saturated carbocycles. The predicted molar refractivity (Wildman–Crippen MR) is 110 cm³/mol. The Kier molecular flexibility index (Phi) is 5.50. The predicted octanol–water partition coefficient (Wildman–Crippen LogP) is 3.14. The number of hydrogen-bond donors (Lipinski definition) is 2. The second-order valence-electron chi connectivity index (χ2n) is 6.34. The zero-order valence-electron chi connectivity index (χ0n) is 15.0. The number of benzene rings is 2. The molecule has 1 aliphatic heterocycles. The number of sulfonamides is 1. The average Bonchev–Trinajstić information content (AvgIpc) is 3.10. The van der Waals surface area contributed by atoms with Crippen LogP contribution in [0.25, 0.3) is 11.0 Å². The van der Waals surface area contributed by atoms with Gasteiger partial charge in [-0.2, -0.15) is 4.31 Å². The fourth-order valence-corrected chi connectivity index (χ4v) is 5.26. The lowest BCUT2D eigenvalue weighted by Crippen LogP contribution is -2.40. The summed E-state index contributed by atoms with van der Waals surface area (Å²) in [5.41, 5.74) is 1.41. The molecule has 1 aliphatic rings. The minimum atomic E-state index is -3.90. The van der Waals surface area contributed by atoms with Crippen molar-refractivity contribution in [3.8, 4) is 0 Å². The van der Waals surface area contributed by atoms with Crippen LogP contribution >= 0.6 is 23.2 Å². The largest absolute Gasteiger partial charge is 0.379 e. The molecule has 2 aromatic carbocycles. The van der Waals surface area contributed by atoms with Gasteiger partial charge in [-0.05, 0) is 24.3 Å². The number of nitrogens with one attached hydrogen (secondary N) is 2. The van der Waals surface area contributed by atoms with Crippen LogP contribution in [-0.4, -0.2) is 54.9 Å². The number of carbonyl (C=O) groups excluding carboxylic acids is 1. The van der Waals surface area contributed by atoms with E-state index < -0.39 is 15.9 Å². The van der Waals surface area contributed by atoms with E-state index in [1.54, 1.807) is 6.07 Å². The van der Waals surface area contributed by atoms with Gasteiger partial charge in [-0.1, -0.05) is 35.3 Å². The lowest BCUT2D eigenvalue weighted by molar-refractivity contribution is 0.0730. The molecule has 2 heterocycles. The molecule has 1 aromatic heterocycles. The quantitative estimate of drug-likeness (QED) is 0.629. The number of fused-ring (bicyclic) bond motifs is 1. The first-order valence-electron chi connectivity index (χ1n) is 8.69. The summed E-state index contributed by atoms with van der Waals surface area (Å²) in [4.78, 5) is 19.8. The lowest BCUT2D eigenvalue weighted by Gasteiger charge is -2.26. The van der Waals surface area contributed by atoms with Crippen molar-refractivity contribution < 1.29 is 17.9 Å². The van der Waals surface area contributed by atoms with E-state index in [-0.39, 0.29) is 39.5 Å². The van der Waals surface area contributed by atoms with E-state index in [4.69, 9.17) is 27.9 Å². The van der Waals surface area contributed by atoms with E-state index in [0.29, 0.717) is 18.7 Å². The first-order chi connectivity index (χ1) is 13.9. The zero-order valence-corrected chi connectivity index (χ0v) is 17.3. The van der Waals surface area contributed by atoms with Crippen molar-refractivity contribution in [3.05, 3.63) is 52.0 Å². The first kappa shape index (κ1) is 20.1. The first-order valence-corrected chi connectivity index (χ1v) is 10.9. The van der Waals surface area contributed by atoms with Gasteiger partial charge >= 0.3 is 0 Å². The number of aromatic amines is 1. The highest BCUT2D eigenvalue weighted by atomic mass is 35.5. The van der Waals surface area contributed by atoms with Crippen molar-refractivity contribution in [2.75, 3.05) is 31.6 Å². The van der Waals surface area contributed by atoms with Gasteiger partial charge in [0.15, 0.2) is 0 Å². The number of aromatic nitrogens is 2. The van der Waals surface area contributed by atoms with Gasteiger partial charge in [-0.15, -0.1) is 0 Å². The minimum Gasteiger partial charge on any atom is -0.379 e. The Labute approximate surface area is 176 Å². The standard InChI is InChI=1S/C18H16Cl2N4O4S/c19-12-10-13(20)16(29(26,27)24-5-7-28-8-6-24)9-11(12)17(25)23-18-21-14-3-1-2-4-15(14)22-18/h1-4,9-10H,5-8H2,(H2,21,22,23,25). The van der Waals surface area contributed by atoms with Crippen molar-refractivity contribution >= 4 is 56.1 Å². The number of amides is 1. The summed E-state index contributed by atoms with van der Waals surface area (Å²) in [5, 5.41) is 2.58. The van der Waals surface area contributed by atoms with Crippen molar-refractivity contribution in [1.82, 2.24) is 14.3 Å². The van der Waals surface area contributed by atoms with Gasteiger partial charge < -0.3 is 9.72 Å². The molecule has 8 nitrogen and oxygen atoms in total. The summed E-state index contributed by atoms with van der Waals surface area (Å²) in [6.45, 7) is 1.01. The molecule has 29 heavy (non-hydrogen) atoms. The van der Waals surface area contributed by atoms with Crippen molar-refractivity contribution in [2.45, 2.75) is 4.90 Å². The van der Waals surface area contributed by atoms with E-state index in [0.717, 1.165) is 5.52 Å². The Bertz CT molecular complexity index is 1160. The third kappa shape index (κ3) is 3.96. The topological polar surface area (TPSA) is 104 Å². The number of nitrogens with zero attached hydrogens (tertiary/aromatic N) is 2. The molecule has 0 spiro atoms. The van der Waals surface area contributed by atoms with Crippen LogP contribution in [-0.2, 0) is 14.8 Å². The number of para-hydroxylation sites is 2. The monoisotopic (exact) mass is 454 g/mol. The highest BCUT2D eigenvalue weighted by molar-refractivity contribution is 7.89. The van der Waals surface area contributed by atoms with Crippen molar-refractivity contribution in [3.63, 3.8) is 0 Å². The summed E-state index contributed by atoms with van der Waals surface area (Å²) in [6, 6.07) is 9.72. The van der Waals surface area contributed by atoms with Crippen LogP contribution in [0.2, 0.25) is 10.0 Å². The van der Waals surface area contributed by atoms with Gasteiger partial charge in [-0.3, -0.25) is 10.1 Å². The molecule has 1 saturated heterocycles. The molecular weight excluding hydrogens is 439 g/mol. The number of anilines is 1. The van der Waals surface area contributed by atoms with E-state index >= 15 is 0 Å². The molecule has 0 bridgehead atoms. The average molecular weight is 455 g/mol. The molecule has 152 valence electrons. The number of morpholine rings is 1. The lowest BCUT2D eigenvalue weighted by atomic mass is 10.2. The highest BCUT2D eigenvalue weighted by Gasteiger charge is 2.30. The van der Waals surface area contributed by atoms with Crippen LogP contribution in [0, 0.1) is 0 Å². The maximum atomic E-state index is 13.0. The van der Waals surface area contributed by atoms with Crippen LogP contribution in [0.4, 0.5) is 5.95 Å². The van der Waals surface area contributed by atoms with E-state index in [1.807, 2.05) is 18.2 Å². The van der Waals surface area contributed by atoms with Crippen LogP contribution in [0.3, 0.4) is 0 Å². The number of ether oxygens (including phenoxy) is 1. The van der Waals surface area contributed by atoms with E-state index in [1.165, 1.54) is 16.4 Å². The third-order valence-electron chi connectivity index (χ3n) is 4.48. The van der Waals surface area contributed by atoms with Crippen LogP contribution < -0.4 is 5.32 Å². The van der Waals surface area contributed by atoms with Crippen LogP contribution in [0.5, 0.6) is 0 Å². The smallest absolute Gasteiger partial charge is 0.259 e. The van der Waals surface area contributed by atoms with Gasteiger partial charge in [-0.25, -0.2) is 13.4 Å². The Morgan fingerprint density at radius 2 is 1.86 bits per heavy atom. The molecule has 0 unspecified atom stereocenters. The minimum absolute atomic E-state index is 0.0247. The van der Waals surface area contributed by atoms with Crippen LogP contribution in [0.15, 0.2) is 41.3 Å². The number of hydrogen-bond acceptors (Lipinski definition) is 5. The maximum absolute atomic E-state index is 13.0. The molecular formula is C18H16Cl2N4O4S. The SMILES string of the molecule is O=C(Nc1nc2ccccc2[nH]1)c1cc(S(=O)(=O)N2CCOCC2)c(Cl)cc1Cl. The zero-order chi connectivity index (χ0) is 20.6. The van der Waals surface area contributed by atoms with Gasteiger partial charge in [0.2, 0.25) is 16.0 Å². The van der Waals surface area contributed by atoms with Gasteiger partial charge in [0, 0.05) is 13.1 Å². The molecule has 0 aliphatic carbocycles. The van der Waals surface area contributed by atoms with Gasteiger partial charge in [0.05, 0.1) is 39.9 Å². The summed E-state index contributed by atoms with van der Waals surface area (Å²) >= 11 is 12.3. The summed E-state index contributed by atoms with van der Waals surface area (Å²) in [7, 11) is -3.90.